The lowest BCUT2D eigenvalue weighted by molar-refractivity contribution is -0.903. The predicted octanol–water partition coefficient (Wildman–Crippen LogP) is 4.72. The largest absolute Gasteiger partial charge is 1.00 e. The molecule has 0 N–H and O–H groups in total. The summed E-state index contributed by atoms with van der Waals surface area (Å²) < 4.78 is 7.05. The van der Waals surface area contributed by atoms with Crippen molar-refractivity contribution in [3.05, 3.63) is 138 Å². The van der Waals surface area contributed by atoms with E-state index in [1.54, 1.807) is 0 Å². The van der Waals surface area contributed by atoms with Crippen molar-refractivity contribution < 1.29 is 26.2 Å². The monoisotopic (exact) mass is 541 g/mol. The maximum Gasteiger partial charge on any atom is 0.137 e. The van der Waals surface area contributed by atoms with Gasteiger partial charge < -0.3 is 26.2 Å². The third kappa shape index (κ3) is 7.43. The van der Waals surface area contributed by atoms with E-state index in [0.29, 0.717) is 6.61 Å². The molecule has 0 saturated heterocycles. The molecule has 2 nitrogen and oxygen atoms in total. The van der Waals surface area contributed by atoms with Crippen LogP contribution in [0.4, 0.5) is 0 Å². The van der Waals surface area contributed by atoms with Gasteiger partial charge >= 0.3 is 0 Å². The second kappa shape index (κ2) is 13.2. The van der Waals surface area contributed by atoms with E-state index in [1.165, 1.54) is 33.4 Å². The molecule has 0 atom stereocenters. The van der Waals surface area contributed by atoms with Gasteiger partial charge in [0.15, 0.2) is 0 Å². The number of hydrogen-bond donors (Lipinski definition) is 0. The molecule has 0 aliphatic heterocycles. The van der Waals surface area contributed by atoms with Crippen LogP contribution < -0.4 is 21.7 Å². The molecule has 0 aromatic heterocycles. The van der Waals surface area contributed by atoms with E-state index >= 15 is 0 Å². The molecule has 0 radical (unpaired) electrons. The van der Waals surface area contributed by atoms with Crippen molar-refractivity contribution in [2.24, 2.45) is 0 Å². The summed E-state index contributed by atoms with van der Waals surface area (Å²) in [6.07, 6.45) is 0.959. The molecule has 186 valence electrons. The molecule has 36 heavy (non-hydrogen) atoms. The molecule has 0 bridgehead atoms. The lowest BCUT2D eigenvalue weighted by Crippen LogP contribution is -3.00. The molecule has 4 aromatic rings. The van der Waals surface area contributed by atoms with Gasteiger partial charge in [-0.15, -0.1) is 0 Å². The Bertz CT molecular complexity index is 1220. The van der Waals surface area contributed by atoms with Gasteiger partial charge in [0.25, 0.3) is 0 Å². The molecule has 4 aromatic carbocycles. The minimum absolute atomic E-state index is 0. The Hall–Kier alpha value is -3.14. The number of halogens is 1. The van der Waals surface area contributed by atoms with Crippen LogP contribution in [0, 0.1) is 0 Å². The molecule has 0 amide bonds. The highest BCUT2D eigenvalue weighted by Gasteiger charge is 2.16. The molecule has 0 spiro atoms. The maximum atomic E-state index is 6.16. The van der Waals surface area contributed by atoms with E-state index in [9.17, 15) is 0 Å². The second-order valence-corrected chi connectivity index (χ2v) is 9.62. The fourth-order valence-corrected chi connectivity index (χ4v) is 4.57. The summed E-state index contributed by atoms with van der Waals surface area (Å²) in [6, 6.07) is 40.7. The minimum atomic E-state index is 0. The van der Waals surface area contributed by atoms with E-state index in [1.807, 2.05) is 0 Å². The first kappa shape index (κ1) is 27.4. The summed E-state index contributed by atoms with van der Waals surface area (Å²) in [5.41, 5.74) is 7.71. The average molecular weight is 543 g/mol. The minimum Gasteiger partial charge on any atom is -1.00 e. The summed E-state index contributed by atoms with van der Waals surface area (Å²) in [6.45, 7) is 4.86. The Morgan fingerprint density at radius 3 is 1.69 bits per heavy atom. The second-order valence-electron chi connectivity index (χ2n) is 9.62. The third-order valence-corrected chi connectivity index (χ3v) is 6.40. The zero-order valence-corrected chi connectivity index (χ0v) is 23.1. The fraction of sp³-hybridized carbons (Fsp3) is 0.212. The van der Waals surface area contributed by atoms with E-state index in [-0.39, 0.29) is 17.0 Å². The normalized spacial score (nSPS) is 11.9. The van der Waals surface area contributed by atoms with Gasteiger partial charge in [-0.2, -0.15) is 0 Å². The van der Waals surface area contributed by atoms with Gasteiger partial charge in [0.1, 0.15) is 25.4 Å². The van der Waals surface area contributed by atoms with Gasteiger partial charge in [-0.1, -0.05) is 110 Å². The van der Waals surface area contributed by atoms with E-state index in [4.69, 9.17) is 4.74 Å². The number of quaternary nitrogens is 1. The van der Waals surface area contributed by atoms with Crippen LogP contribution in [0.2, 0.25) is 0 Å². The molecule has 4 rings (SSSR count). The van der Waals surface area contributed by atoms with E-state index < -0.39 is 0 Å². The number of nitrogens with zero attached hydrogens (tertiary/aromatic N) is 1. The maximum absolute atomic E-state index is 6.16. The summed E-state index contributed by atoms with van der Waals surface area (Å²) in [4.78, 5) is 0. The van der Waals surface area contributed by atoms with Crippen molar-refractivity contribution in [1.82, 2.24) is 0 Å². The van der Waals surface area contributed by atoms with Gasteiger partial charge in [-0.25, -0.2) is 0 Å². The van der Waals surface area contributed by atoms with Gasteiger partial charge in [0.2, 0.25) is 0 Å². The number of ether oxygens (including phenoxy) is 1. The fourth-order valence-electron chi connectivity index (χ4n) is 4.57. The molecule has 0 fully saturated rings. The molecule has 3 heteroatoms. The van der Waals surface area contributed by atoms with Crippen LogP contribution in [0.5, 0.6) is 5.75 Å². The summed E-state index contributed by atoms with van der Waals surface area (Å²) in [5.74, 6) is 0.915. The number of rotatable bonds is 10. The molecule has 0 aliphatic carbocycles. The van der Waals surface area contributed by atoms with Crippen molar-refractivity contribution in [3.8, 4) is 5.75 Å². The average Bonchev–Trinajstić information content (AvgIpc) is 2.89. The quantitative estimate of drug-likeness (QED) is 0.208. The van der Waals surface area contributed by atoms with Crippen molar-refractivity contribution in [2.45, 2.75) is 19.9 Å². The van der Waals surface area contributed by atoms with Crippen molar-refractivity contribution in [2.75, 3.05) is 27.2 Å². The topological polar surface area (TPSA) is 9.23 Å². The van der Waals surface area contributed by atoms with E-state index in [2.05, 4.69) is 136 Å². The summed E-state index contributed by atoms with van der Waals surface area (Å²) >= 11 is 0. The number of likely N-dealkylation sites (N-methyl/N-ethyl adjacent to an activating group) is 1. The Morgan fingerprint density at radius 2 is 1.14 bits per heavy atom. The zero-order chi connectivity index (χ0) is 24.5. The molecule has 0 heterocycles. The van der Waals surface area contributed by atoms with Gasteiger partial charge in [-0.3, -0.25) is 0 Å². The highest BCUT2D eigenvalue weighted by atomic mass is 79.9. The molecule has 0 saturated carbocycles. The highest BCUT2D eigenvalue weighted by Crippen LogP contribution is 2.34. The van der Waals surface area contributed by atoms with Crippen molar-refractivity contribution in [1.29, 1.82) is 0 Å². The van der Waals surface area contributed by atoms with Crippen LogP contribution in [0.15, 0.2) is 115 Å². The third-order valence-electron chi connectivity index (χ3n) is 6.40. The smallest absolute Gasteiger partial charge is 0.137 e. The van der Waals surface area contributed by atoms with Crippen molar-refractivity contribution in [3.63, 3.8) is 0 Å². The van der Waals surface area contributed by atoms with Crippen LogP contribution in [0.1, 0.15) is 35.6 Å². The van der Waals surface area contributed by atoms with Crippen LogP contribution in [-0.4, -0.2) is 31.7 Å². The number of allylic oxidation sites excluding steroid dienone is 1. The Morgan fingerprint density at radius 1 is 0.639 bits per heavy atom. The van der Waals surface area contributed by atoms with Crippen LogP contribution in [0.25, 0.3) is 11.1 Å². The lowest BCUT2D eigenvalue weighted by atomic mass is 9.88. The summed E-state index contributed by atoms with van der Waals surface area (Å²) in [7, 11) is 4.51. The van der Waals surface area contributed by atoms with Crippen molar-refractivity contribution >= 4 is 11.1 Å². The predicted molar refractivity (Wildman–Crippen MR) is 148 cm³/mol. The molecular weight excluding hydrogens is 506 g/mol. The standard InChI is InChI=1S/C33H36NO.BrH/c1-4-32(28-16-10-6-11-17-28)33(29-18-12-7-13-19-29)30-20-22-31(23-21-30)35-25-24-34(2,3)26-27-14-8-5-9-15-27;/h5-23H,4,24-26H2,1-3H3;1H/q+1;/p-1/b33-32-;. The Balaban J connectivity index is 0.00000361. The van der Waals surface area contributed by atoms with E-state index in [0.717, 1.165) is 29.7 Å². The summed E-state index contributed by atoms with van der Waals surface area (Å²) in [5, 5.41) is 0. The SMILES string of the molecule is CC/C(=C(\c1ccccc1)c1ccc(OCC[N+](C)(C)Cc2ccccc2)cc1)c1ccccc1.[Br-]. The highest BCUT2D eigenvalue weighted by molar-refractivity contribution is 5.98. The van der Waals surface area contributed by atoms with Gasteiger partial charge in [-0.05, 0) is 46.4 Å². The Kier molecular flexibility index (Phi) is 10.1. The lowest BCUT2D eigenvalue weighted by Gasteiger charge is -2.29. The number of hydrogen-bond acceptors (Lipinski definition) is 1. The van der Waals surface area contributed by atoms with Gasteiger partial charge in [0, 0.05) is 5.56 Å². The first-order chi connectivity index (χ1) is 17.1. The first-order valence-electron chi connectivity index (χ1n) is 12.5. The first-order valence-corrected chi connectivity index (χ1v) is 12.5. The van der Waals surface area contributed by atoms with Crippen LogP contribution >= 0.6 is 0 Å². The van der Waals surface area contributed by atoms with Crippen LogP contribution in [0.3, 0.4) is 0 Å². The zero-order valence-electron chi connectivity index (χ0n) is 21.5. The number of benzene rings is 4. The van der Waals surface area contributed by atoms with Gasteiger partial charge in [0.05, 0.1) is 14.1 Å². The molecule has 0 unspecified atom stereocenters. The molecule has 0 aliphatic rings. The van der Waals surface area contributed by atoms with Crippen LogP contribution in [-0.2, 0) is 6.54 Å². The Labute approximate surface area is 227 Å². The molecular formula is C33H36BrNO.